The van der Waals surface area contributed by atoms with E-state index in [4.69, 9.17) is 0 Å². The fourth-order valence-electron chi connectivity index (χ4n) is 1.59. The number of aliphatic hydroxyl groups excluding tert-OH is 2. The first-order chi connectivity index (χ1) is 8.41. The van der Waals surface area contributed by atoms with Crippen molar-refractivity contribution in [3.05, 3.63) is 29.3 Å². The lowest BCUT2D eigenvalue weighted by Crippen LogP contribution is -2.27. The number of phenolic OH excluding ortho intramolecular Hbond substituents is 1. The summed E-state index contributed by atoms with van der Waals surface area (Å²) in [6.45, 7) is 3.44. The number of phenols is 1. The molecule has 2 unspecified atom stereocenters. The van der Waals surface area contributed by atoms with Crippen LogP contribution in [0.25, 0.3) is 0 Å². The molecule has 0 fully saturated rings. The highest BCUT2D eigenvalue weighted by atomic mass is 16.3. The standard InChI is InChI=1S/C13H19NO4/c1-8-3-4-10(7-12(8)17)13(18)11(16)5-6-14-9(2)15/h3-4,7,11,13,16-18H,5-6H2,1-2H3,(H,14,15). The lowest BCUT2D eigenvalue weighted by atomic mass is 10.0. The lowest BCUT2D eigenvalue weighted by molar-refractivity contribution is -0.119. The van der Waals surface area contributed by atoms with E-state index in [1.165, 1.54) is 13.0 Å². The second kappa shape index (κ2) is 6.37. The van der Waals surface area contributed by atoms with Crippen molar-refractivity contribution >= 4 is 5.91 Å². The third kappa shape index (κ3) is 4.01. The number of rotatable bonds is 5. The molecule has 1 aromatic rings. The van der Waals surface area contributed by atoms with E-state index < -0.39 is 12.2 Å². The van der Waals surface area contributed by atoms with Crippen LogP contribution in [-0.2, 0) is 4.79 Å². The van der Waals surface area contributed by atoms with Crippen LogP contribution in [0.3, 0.4) is 0 Å². The zero-order valence-corrected chi connectivity index (χ0v) is 10.6. The van der Waals surface area contributed by atoms with Gasteiger partial charge in [0.15, 0.2) is 0 Å². The van der Waals surface area contributed by atoms with Crippen molar-refractivity contribution in [3.8, 4) is 5.75 Å². The summed E-state index contributed by atoms with van der Waals surface area (Å²) in [4.78, 5) is 10.7. The van der Waals surface area contributed by atoms with E-state index >= 15 is 0 Å². The van der Waals surface area contributed by atoms with E-state index in [1.54, 1.807) is 19.1 Å². The van der Waals surface area contributed by atoms with Crippen LogP contribution >= 0.6 is 0 Å². The molecule has 4 N–H and O–H groups in total. The fraction of sp³-hybridized carbons (Fsp3) is 0.462. The number of amides is 1. The van der Waals surface area contributed by atoms with Crippen LogP contribution in [0.4, 0.5) is 0 Å². The largest absolute Gasteiger partial charge is 0.508 e. The Morgan fingerprint density at radius 2 is 2.06 bits per heavy atom. The molecule has 0 bridgehead atoms. The van der Waals surface area contributed by atoms with Gasteiger partial charge in [-0.1, -0.05) is 12.1 Å². The summed E-state index contributed by atoms with van der Waals surface area (Å²) in [5.74, 6) is -0.0923. The molecular weight excluding hydrogens is 234 g/mol. The highest BCUT2D eigenvalue weighted by molar-refractivity contribution is 5.72. The average molecular weight is 253 g/mol. The fourth-order valence-corrected chi connectivity index (χ4v) is 1.59. The van der Waals surface area contributed by atoms with Crippen molar-refractivity contribution in [2.75, 3.05) is 6.54 Å². The van der Waals surface area contributed by atoms with Crippen molar-refractivity contribution < 1.29 is 20.1 Å². The van der Waals surface area contributed by atoms with Gasteiger partial charge in [0.05, 0.1) is 6.10 Å². The van der Waals surface area contributed by atoms with Gasteiger partial charge in [0.25, 0.3) is 0 Å². The number of aryl methyl sites for hydroxylation is 1. The third-order valence-electron chi connectivity index (χ3n) is 2.75. The van der Waals surface area contributed by atoms with Gasteiger partial charge in [-0.25, -0.2) is 0 Å². The Hall–Kier alpha value is -1.59. The van der Waals surface area contributed by atoms with Crippen LogP contribution in [0.5, 0.6) is 5.75 Å². The molecule has 0 heterocycles. The molecule has 2 atom stereocenters. The number of aromatic hydroxyl groups is 1. The molecule has 18 heavy (non-hydrogen) atoms. The van der Waals surface area contributed by atoms with Crippen LogP contribution in [0.2, 0.25) is 0 Å². The SMILES string of the molecule is CC(=O)NCCC(O)C(O)c1ccc(C)c(O)c1. The van der Waals surface area contributed by atoms with E-state index in [-0.39, 0.29) is 18.1 Å². The monoisotopic (exact) mass is 253 g/mol. The van der Waals surface area contributed by atoms with Crippen molar-refractivity contribution in [3.63, 3.8) is 0 Å². The predicted octanol–water partition coefficient (Wildman–Crippen LogP) is 0.621. The van der Waals surface area contributed by atoms with Crippen LogP contribution in [-0.4, -0.2) is 33.9 Å². The van der Waals surface area contributed by atoms with E-state index in [2.05, 4.69) is 5.32 Å². The molecule has 5 nitrogen and oxygen atoms in total. The first-order valence-corrected chi connectivity index (χ1v) is 5.82. The predicted molar refractivity (Wildman–Crippen MR) is 67.1 cm³/mol. The highest BCUT2D eigenvalue weighted by Crippen LogP contribution is 2.24. The van der Waals surface area contributed by atoms with Crippen molar-refractivity contribution in [1.29, 1.82) is 0 Å². The highest BCUT2D eigenvalue weighted by Gasteiger charge is 2.18. The van der Waals surface area contributed by atoms with Gasteiger partial charge in [-0.05, 0) is 30.5 Å². The van der Waals surface area contributed by atoms with Gasteiger partial charge in [-0.2, -0.15) is 0 Å². The van der Waals surface area contributed by atoms with Crippen molar-refractivity contribution in [2.24, 2.45) is 0 Å². The van der Waals surface area contributed by atoms with Crippen LogP contribution in [0, 0.1) is 6.92 Å². The van der Waals surface area contributed by atoms with Gasteiger partial charge in [0, 0.05) is 13.5 Å². The maximum Gasteiger partial charge on any atom is 0.216 e. The van der Waals surface area contributed by atoms with Gasteiger partial charge in [0.1, 0.15) is 11.9 Å². The van der Waals surface area contributed by atoms with Crippen LogP contribution in [0.1, 0.15) is 30.6 Å². The molecule has 0 radical (unpaired) electrons. The van der Waals surface area contributed by atoms with Gasteiger partial charge >= 0.3 is 0 Å². The van der Waals surface area contributed by atoms with Crippen molar-refractivity contribution in [2.45, 2.75) is 32.5 Å². The Bertz CT molecular complexity index is 419. The molecule has 1 aromatic carbocycles. The summed E-state index contributed by atoms with van der Waals surface area (Å²) in [7, 11) is 0. The number of carbonyl (C=O) groups is 1. The molecule has 1 rings (SSSR count). The smallest absolute Gasteiger partial charge is 0.216 e. The molecule has 0 aliphatic carbocycles. The van der Waals surface area contributed by atoms with Gasteiger partial charge in [-0.15, -0.1) is 0 Å². The summed E-state index contributed by atoms with van der Waals surface area (Å²) in [5, 5.41) is 31.7. The second-order valence-electron chi connectivity index (χ2n) is 4.33. The number of aliphatic hydroxyl groups is 2. The average Bonchev–Trinajstić information content (AvgIpc) is 2.31. The van der Waals surface area contributed by atoms with Crippen LogP contribution in [0.15, 0.2) is 18.2 Å². The summed E-state index contributed by atoms with van der Waals surface area (Å²) in [6, 6.07) is 4.76. The summed E-state index contributed by atoms with van der Waals surface area (Å²) < 4.78 is 0. The Labute approximate surface area is 106 Å². The summed E-state index contributed by atoms with van der Waals surface area (Å²) >= 11 is 0. The summed E-state index contributed by atoms with van der Waals surface area (Å²) in [5.41, 5.74) is 1.16. The molecule has 5 heteroatoms. The van der Waals surface area contributed by atoms with Crippen molar-refractivity contribution in [1.82, 2.24) is 5.32 Å². The zero-order valence-electron chi connectivity index (χ0n) is 10.6. The van der Waals surface area contributed by atoms with E-state index in [9.17, 15) is 20.1 Å². The first-order valence-electron chi connectivity index (χ1n) is 5.82. The number of hydrogen-bond acceptors (Lipinski definition) is 4. The molecule has 1 amide bonds. The molecule has 0 aliphatic heterocycles. The first kappa shape index (κ1) is 14.5. The Kier molecular flexibility index (Phi) is 5.12. The maximum atomic E-state index is 10.7. The second-order valence-corrected chi connectivity index (χ2v) is 4.33. The zero-order chi connectivity index (χ0) is 13.7. The third-order valence-corrected chi connectivity index (χ3v) is 2.75. The molecule has 0 spiro atoms. The number of carbonyl (C=O) groups excluding carboxylic acids is 1. The minimum absolute atomic E-state index is 0.0839. The molecule has 0 saturated carbocycles. The van der Waals surface area contributed by atoms with E-state index in [1.807, 2.05) is 0 Å². The van der Waals surface area contributed by atoms with Gasteiger partial charge in [0.2, 0.25) is 5.91 Å². The Morgan fingerprint density at radius 1 is 1.39 bits per heavy atom. The molecule has 0 aromatic heterocycles. The molecular formula is C13H19NO4. The maximum absolute atomic E-state index is 10.7. The molecule has 0 saturated heterocycles. The normalized spacial score (nSPS) is 14.0. The van der Waals surface area contributed by atoms with E-state index in [0.717, 1.165) is 0 Å². The molecule has 100 valence electrons. The lowest BCUT2D eigenvalue weighted by Gasteiger charge is -2.18. The Morgan fingerprint density at radius 3 is 2.61 bits per heavy atom. The Balaban J connectivity index is 2.59. The van der Waals surface area contributed by atoms with Gasteiger partial charge < -0.3 is 20.6 Å². The van der Waals surface area contributed by atoms with E-state index in [0.29, 0.717) is 17.7 Å². The summed E-state index contributed by atoms with van der Waals surface area (Å²) in [6.07, 6.45) is -1.82. The quantitative estimate of drug-likeness (QED) is 0.619. The molecule has 0 aliphatic rings. The van der Waals surface area contributed by atoms with Gasteiger partial charge in [-0.3, -0.25) is 4.79 Å². The number of hydrogen-bond donors (Lipinski definition) is 4. The number of nitrogens with one attached hydrogen (secondary N) is 1. The van der Waals surface area contributed by atoms with Crippen LogP contribution < -0.4 is 5.32 Å². The minimum atomic E-state index is -1.08. The topological polar surface area (TPSA) is 89.8 Å². The number of benzene rings is 1. The minimum Gasteiger partial charge on any atom is -0.508 e.